The van der Waals surface area contributed by atoms with Crippen molar-refractivity contribution in [3.05, 3.63) is 35.1 Å². The van der Waals surface area contributed by atoms with E-state index in [1.54, 1.807) is 25.3 Å². The zero-order valence-electron chi connectivity index (χ0n) is 14.9. The molecule has 136 valence electrons. The molecule has 7 heteroatoms. The van der Waals surface area contributed by atoms with Crippen LogP contribution in [0.2, 0.25) is 0 Å². The van der Waals surface area contributed by atoms with Crippen LogP contribution in [0.5, 0.6) is 11.5 Å². The Labute approximate surface area is 146 Å². The fourth-order valence-corrected chi connectivity index (χ4v) is 2.99. The first-order valence-corrected chi connectivity index (χ1v) is 7.92. The summed E-state index contributed by atoms with van der Waals surface area (Å²) >= 11 is 0. The standard InChI is InChI=1S/C18H23NO6/c1-11(20)15-16(12-6-7-13(24-3)14(10-12)25-4)19(8-5-9-23-2)18(22)17(15)21/h6-7,10,16,21H,5,8-9H2,1-4H3. The summed E-state index contributed by atoms with van der Waals surface area (Å²) in [6.45, 7) is 2.16. The van der Waals surface area contributed by atoms with Crippen molar-refractivity contribution in [2.24, 2.45) is 0 Å². The number of hydrogen-bond donors (Lipinski definition) is 1. The molecule has 1 aliphatic heterocycles. The van der Waals surface area contributed by atoms with Crippen molar-refractivity contribution >= 4 is 11.7 Å². The van der Waals surface area contributed by atoms with Gasteiger partial charge in [0.15, 0.2) is 23.0 Å². The molecule has 1 N–H and O–H groups in total. The van der Waals surface area contributed by atoms with Crippen LogP contribution in [0.1, 0.15) is 24.9 Å². The molecule has 0 aliphatic carbocycles. The van der Waals surface area contributed by atoms with Crippen LogP contribution in [0.3, 0.4) is 0 Å². The van der Waals surface area contributed by atoms with Gasteiger partial charge >= 0.3 is 0 Å². The van der Waals surface area contributed by atoms with E-state index in [1.165, 1.54) is 26.0 Å². The fraction of sp³-hybridized carbons (Fsp3) is 0.444. The summed E-state index contributed by atoms with van der Waals surface area (Å²) < 4.78 is 15.6. The van der Waals surface area contributed by atoms with E-state index in [0.717, 1.165) is 0 Å². The minimum atomic E-state index is -0.665. The van der Waals surface area contributed by atoms with Crippen molar-refractivity contribution in [1.82, 2.24) is 4.90 Å². The Morgan fingerprint density at radius 2 is 1.88 bits per heavy atom. The number of carbonyl (C=O) groups excluding carboxylic acids is 2. The first-order valence-electron chi connectivity index (χ1n) is 7.92. The van der Waals surface area contributed by atoms with Crippen molar-refractivity contribution in [3.8, 4) is 11.5 Å². The van der Waals surface area contributed by atoms with E-state index in [-0.39, 0.29) is 11.4 Å². The molecule has 1 atom stereocenters. The smallest absolute Gasteiger partial charge is 0.290 e. The number of ketones is 1. The van der Waals surface area contributed by atoms with Crippen LogP contribution in [0.4, 0.5) is 0 Å². The summed E-state index contributed by atoms with van der Waals surface area (Å²) in [7, 11) is 4.62. The molecule has 1 heterocycles. The molecule has 0 radical (unpaired) electrons. The van der Waals surface area contributed by atoms with E-state index < -0.39 is 17.7 Å². The van der Waals surface area contributed by atoms with Gasteiger partial charge in [0, 0.05) is 20.3 Å². The Hall–Kier alpha value is -2.54. The molecule has 0 aromatic heterocycles. The number of aliphatic hydroxyl groups is 1. The average molecular weight is 349 g/mol. The molecule has 0 bridgehead atoms. The van der Waals surface area contributed by atoms with Crippen LogP contribution in [0.25, 0.3) is 0 Å². The van der Waals surface area contributed by atoms with Crippen LogP contribution >= 0.6 is 0 Å². The minimum absolute atomic E-state index is 0.0923. The number of aliphatic hydroxyl groups excluding tert-OH is 1. The number of nitrogens with zero attached hydrogens (tertiary/aromatic N) is 1. The molecular weight excluding hydrogens is 326 g/mol. The third kappa shape index (κ3) is 3.61. The maximum Gasteiger partial charge on any atom is 0.290 e. The Morgan fingerprint density at radius 1 is 1.20 bits per heavy atom. The summed E-state index contributed by atoms with van der Waals surface area (Å²) in [4.78, 5) is 26.0. The molecule has 1 aromatic rings. The molecule has 2 rings (SSSR count). The summed E-state index contributed by atoms with van der Waals surface area (Å²) in [6, 6.07) is 4.51. The lowest BCUT2D eigenvalue weighted by molar-refractivity contribution is -0.129. The monoisotopic (exact) mass is 349 g/mol. The number of carbonyl (C=O) groups is 2. The zero-order valence-corrected chi connectivity index (χ0v) is 14.9. The lowest BCUT2D eigenvalue weighted by Crippen LogP contribution is -2.32. The molecule has 1 unspecified atom stereocenters. The van der Waals surface area contributed by atoms with Gasteiger partial charge in [0.05, 0.1) is 25.8 Å². The highest BCUT2D eigenvalue weighted by Gasteiger charge is 2.42. The fourth-order valence-electron chi connectivity index (χ4n) is 2.99. The lowest BCUT2D eigenvalue weighted by atomic mass is 9.96. The first kappa shape index (κ1) is 18.8. The van der Waals surface area contributed by atoms with Gasteiger partial charge in [0.1, 0.15) is 0 Å². The quantitative estimate of drug-likeness (QED) is 0.723. The molecule has 0 spiro atoms. The van der Waals surface area contributed by atoms with Crippen molar-refractivity contribution in [2.75, 3.05) is 34.5 Å². The summed E-state index contributed by atoms with van der Waals surface area (Å²) in [5.74, 6) is -0.372. The molecule has 1 aromatic carbocycles. The van der Waals surface area contributed by atoms with Gasteiger partial charge in [-0.15, -0.1) is 0 Å². The highest BCUT2D eigenvalue weighted by atomic mass is 16.5. The highest BCUT2D eigenvalue weighted by molar-refractivity contribution is 6.08. The third-order valence-corrected chi connectivity index (χ3v) is 4.15. The second-order valence-electron chi connectivity index (χ2n) is 5.68. The Morgan fingerprint density at radius 3 is 2.44 bits per heavy atom. The van der Waals surface area contributed by atoms with Crippen molar-refractivity contribution in [1.29, 1.82) is 0 Å². The van der Waals surface area contributed by atoms with Crippen LogP contribution < -0.4 is 9.47 Å². The van der Waals surface area contributed by atoms with E-state index >= 15 is 0 Å². The second kappa shape index (κ2) is 8.02. The highest BCUT2D eigenvalue weighted by Crippen LogP contribution is 2.40. The van der Waals surface area contributed by atoms with Gasteiger partial charge in [-0.3, -0.25) is 9.59 Å². The predicted molar refractivity (Wildman–Crippen MR) is 90.8 cm³/mol. The van der Waals surface area contributed by atoms with Gasteiger partial charge in [0.2, 0.25) is 0 Å². The van der Waals surface area contributed by atoms with Gasteiger partial charge in [-0.05, 0) is 31.0 Å². The molecule has 25 heavy (non-hydrogen) atoms. The Bertz CT molecular complexity index is 697. The SMILES string of the molecule is COCCCN1C(=O)C(O)=C(C(C)=O)C1c1ccc(OC)c(OC)c1. The summed E-state index contributed by atoms with van der Waals surface area (Å²) in [5.41, 5.74) is 0.757. The number of amides is 1. The van der Waals surface area contributed by atoms with Crippen molar-refractivity contribution in [2.45, 2.75) is 19.4 Å². The summed E-state index contributed by atoms with van der Waals surface area (Å²) in [5, 5.41) is 10.2. The van der Waals surface area contributed by atoms with Crippen LogP contribution in [0.15, 0.2) is 29.5 Å². The molecule has 0 saturated carbocycles. The van der Waals surface area contributed by atoms with Gasteiger partial charge in [0.25, 0.3) is 5.91 Å². The zero-order chi connectivity index (χ0) is 18.6. The number of hydrogen-bond acceptors (Lipinski definition) is 6. The largest absolute Gasteiger partial charge is 0.503 e. The predicted octanol–water partition coefficient (Wildman–Crippen LogP) is 2.02. The van der Waals surface area contributed by atoms with Gasteiger partial charge in [-0.2, -0.15) is 0 Å². The van der Waals surface area contributed by atoms with Crippen molar-refractivity contribution < 1.29 is 28.9 Å². The molecule has 0 fully saturated rings. The number of benzene rings is 1. The number of rotatable bonds is 8. The number of methoxy groups -OCH3 is 3. The van der Waals surface area contributed by atoms with E-state index in [9.17, 15) is 14.7 Å². The lowest BCUT2D eigenvalue weighted by Gasteiger charge is -2.27. The summed E-state index contributed by atoms with van der Waals surface area (Å²) in [6.07, 6.45) is 0.588. The second-order valence-corrected chi connectivity index (χ2v) is 5.68. The number of ether oxygens (including phenoxy) is 3. The van der Waals surface area contributed by atoms with E-state index in [1.807, 2.05) is 0 Å². The molecule has 7 nitrogen and oxygen atoms in total. The van der Waals surface area contributed by atoms with Crippen LogP contribution in [-0.4, -0.2) is 56.2 Å². The Kier molecular flexibility index (Phi) is 6.03. The maximum absolute atomic E-state index is 12.4. The molecule has 1 amide bonds. The number of Topliss-reactive ketones (excluding diaryl/α,β-unsaturated/α-hetero) is 1. The topological polar surface area (TPSA) is 85.3 Å². The normalized spacial score (nSPS) is 17.2. The van der Waals surface area contributed by atoms with Gasteiger partial charge in [-0.1, -0.05) is 6.07 Å². The minimum Gasteiger partial charge on any atom is -0.503 e. The third-order valence-electron chi connectivity index (χ3n) is 4.15. The van der Waals surface area contributed by atoms with Gasteiger partial charge in [-0.25, -0.2) is 0 Å². The maximum atomic E-state index is 12.4. The van der Waals surface area contributed by atoms with E-state index in [0.29, 0.717) is 36.6 Å². The van der Waals surface area contributed by atoms with Crippen LogP contribution in [0, 0.1) is 0 Å². The van der Waals surface area contributed by atoms with E-state index in [2.05, 4.69) is 0 Å². The Balaban J connectivity index is 2.47. The van der Waals surface area contributed by atoms with Crippen LogP contribution in [-0.2, 0) is 14.3 Å². The van der Waals surface area contributed by atoms with Gasteiger partial charge < -0.3 is 24.2 Å². The first-order chi connectivity index (χ1) is 12.0. The van der Waals surface area contributed by atoms with Crippen molar-refractivity contribution in [3.63, 3.8) is 0 Å². The average Bonchev–Trinajstić information content (AvgIpc) is 2.86. The molecule has 1 aliphatic rings. The molecular formula is C18H23NO6. The van der Waals surface area contributed by atoms with E-state index in [4.69, 9.17) is 14.2 Å². The molecule has 0 saturated heterocycles.